The largest absolute Gasteiger partial charge is 0.318 e. The highest BCUT2D eigenvalue weighted by Crippen LogP contribution is 2.26. The van der Waals surface area contributed by atoms with Crippen LogP contribution < -0.4 is 5.73 Å². The lowest BCUT2D eigenvalue weighted by molar-refractivity contribution is 0.848. The van der Waals surface area contributed by atoms with E-state index < -0.39 is 0 Å². The molecule has 0 aliphatic rings. The van der Waals surface area contributed by atoms with Crippen LogP contribution in [0.1, 0.15) is 32.6 Å². The molecule has 1 heterocycles. The van der Waals surface area contributed by atoms with Gasteiger partial charge in [0.2, 0.25) is 0 Å². The SMILES string of the molecule is Cc1ccc(C(N)c2ncc(C)s2)c(C)c1. The van der Waals surface area contributed by atoms with E-state index in [9.17, 15) is 0 Å². The molecule has 3 heteroatoms. The van der Waals surface area contributed by atoms with Gasteiger partial charge in [0.05, 0.1) is 6.04 Å². The molecule has 1 aromatic heterocycles. The molecule has 0 fully saturated rings. The molecule has 84 valence electrons. The Morgan fingerprint density at radius 2 is 2.00 bits per heavy atom. The molecule has 0 bridgehead atoms. The maximum absolute atomic E-state index is 6.23. The molecule has 1 unspecified atom stereocenters. The quantitative estimate of drug-likeness (QED) is 0.864. The van der Waals surface area contributed by atoms with Gasteiger partial charge in [-0.1, -0.05) is 23.8 Å². The van der Waals surface area contributed by atoms with Crippen LogP contribution in [0.25, 0.3) is 0 Å². The van der Waals surface area contributed by atoms with Gasteiger partial charge in [-0.15, -0.1) is 11.3 Å². The van der Waals surface area contributed by atoms with E-state index in [0.29, 0.717) is 0 Å². The standard InChI is InChI=1S/C13H16N2S/c1-8-4-5-11(9(2)6-8)12(14)13-15-7-10(3)16-13/h4-7,12H,14H2,1-3H3. The van der Waals surface area contributed by atoms with E-state index in [-0.39, 0.29) is 6.04 Å². The number of hydrogen-bond acceptors (Lipinski definition) is 3. The fourth-order valence-electron chi connectivity index (χ4n) is 1.82. The van der Waals surface area contributed by atoms with Gasteiger partial charge >= 0.3 is 0 Å². The van der Waals surface area contributed by atoms with E-state index in [1.165, 1.54) is 21.6 Å². The van der Waals surface area contributed by atoms with E-state index in [0.717, 1.165) is 5.01 Å². The molecule has 2 aromatic rings. The van der Waals surface area contributed by atoms with Crippen LogP contribution in [0.15, 0.2) is 24.4 Å². The number of hydrogen-bond donors (Lipinski definition) is 1. The van der Waals surface area contributed by atoms with E-state index in [1.54, 1.807) is 11.3 Å². The van der Waals surface area contributed by atoms with Crippen LogP contribution in [0.5, 0.6) is 0 Å². The summed E-state index contributed by atoms with van der Waals surface area (Å²) in [5, 5.41) is 0.990. The summed E-state index contributed by atoms with van der Waals surface area (Å²) in [7, 11) is 0. The Labute approximate surface area is 100 Å². The monoisotopic (exact) mass is 232 g/mol. The van der Waals surface area contributed by atoms with Gasteiger partial charge in [-0.3, -0.25) is 0 Å². The van der Waals surface area contributed by atoms with Crippen LogP contribution in [-0.4, -0.2) is 4.98 Å². The zero-order valence-corrected chi connectivity index (χ0v) is 10.6. The van der Waals surface area contributed by atoms with Crippen LogP contribution in [0.4, 0.5) is 0 Å². The fourth-order valence-corrected chi connectivity index (χ4v) is 2.62. The molecule has 1 atom stereocenters. The topological polar surface area (TPSA) is 38.9 Å². The lowest BCUT2D eigenvalue weighted by Crippen LogP contribution is -2.12. The number of aromatic nitrogens is 1. The van der Waals surface area contributed by atoms with Gasteiger partial charge in [-0.25, -0.2) is 4.98 Å². The second kappa shape index (κ2) is 4.36. The number of thiazole rings is 1. The summed E-state index contributed by atoms with van der Waals surface area (Å²) in [6.07, 6.45) is 1.88. The molecule has 0 aliphatic heterocycles. The van der Waals surface area contributed by atoms with E-state index in [2.05, 4.69) is 44.0 Å². The predicted molar refractivity (Wildman–Crippen MR) is 68.8 cm³/mol. The van der Waals surface area contributed by atoms with Crippen LogP contribution in [0.2, 0.25) is 0 Å². The Hall–Kier alpha value is -1.19. The van der Waals surface area contributed by atoms with Crippen LogP contribution in [-0.2, 0) is 0 Å². The highest BCUT2D eigenvalue weighted by molar-refractivity contribution is 7.11. The maximum Gasteiger partial charge on any atom is 0.114 e. The zero-order valence-electron chi connectivity index (χ0n) is 9.82. The lowest BCUT2D eigenvalue weighted by Gasteiger charge is -2.12. The molecule has 0 saturated carbocycles. The minimum atomic E-state index is -0.0979. The van der Waals surface area contributed by atoms with Crippen LogP contribution >= 0.6 is 11.3 Å². The normalized spacial score (nSPS) is 12.8. The summed E-state index contributed by atoms with van der Waals surface area (Å²) >= 11 is 1.67. The zero-order chi connectivity index (χ0) is 11.7. The number of rotatable bonds is 2. The second-order valence-electron chi connectivity index (χ2n) is 4.15. The minimum Gasteiger partial charge on any atom is -0.318 e. The Morgan fingerprint density at radius 3 is 2.56 bits per heavy atom. The summed E-state index contributed by atoms with van der Waals surface area (Å²) in [5.41, 5.74) is 9.90. The highest BCUT2D eigenvalue weighted by atomic mass is 32.1. The van der Waals surface area contributed by atoms with Gasteiger partial charge in [0.1, 0.15) is 5.01 Å². The van der Waals surface area contributed by atoms with Gasteiger partial charge < -0.3 is 5.73 Å². The molecule has 0 radical (unpaired) electrons. The first-order valence-corrected chi connectivity index (χ1v) is 6.14. The molecule has 1 aromatic carbocycles. The first-order chi connectivity index (χ1) is 7.58. The van der Waals surface area contributed by atoms with Crippen LogP contribution in [0, 0.1) is 20.8 Å². The lowest BCUT2D eigenvalue weighted by atomic mass is 10.0. The first-order valence-electron chi connectivity index (χ1n) is 5.33. The van der Waals surface area contributed by atoms with Crippen molar-refractivity contribution in [3.05, 3.63) is 51.0 Å². The molecule has 2 nitrogen and oxygen atoms in total. The molecule has 2 N–H and O–H groups in total. The average molecular weight is 232 g/mol. The summed E-state index contributed by atoms with van der Waals surface area (Å²) in [5.74, 6) is 0. The number of benzene rings is 1. The van der Waals surface area contributed by atoms with Crippen molar-refractivity contribution >= 4 is 11.3 Å². The van der Waals surface area contributed by atoms with E-state index in [1.807, 2.05) is 6.20 Å². The number of nitrogens with zero attached hydrogens (tertiary/aromatic N) is 1. The fraction of sp³-hybridized carbons (Fsp3) is 0.308. The Balaban J connectivity index is 2.37. The van der Waals surface area contributed by atoms with E-state index in [4.69, 9.17) is 5.73 Å². The molecular formula is C13H16N2S. The molecule has 16 heavy (non-hydrogen) atoms. The third-order valence-electron chi connectivity index (χ3n) is 2.67. The van der Waals surface area contributed by atoms with Crippen molar-refractivity contribution in [3.8, 4) is 0 Å². The van der Waals surface area contributed by atoms with Gasteiger partial charge in [0.25, 0.3) is 0 Å². The Bertz CT molecular complexity index is 502. The average Bonchev–Trinajstić information content (AvgIpc) is 2.64. The Kier molecular flexibility index (Phi) is 3.08. The van der Waals surface area contributed by atoms with E-state index >= 15 is 0 Å². The maximum atomic E-state index is 6.23. The van der Waals surface area contributed by atoms with Gasteiger partial charge in [0.15, 0.2) is 0 Å². The molecule has 0 aliphatic carbocycles. The number of nitrogens with two attached hydrogens (primary N) is 1. The van der Waals surface area contributed by atoms with Gasteiger partial charge in [0, 0.05) is 11.1 Å². The molecule has 0 saturated heterocycles. The minimum absolute atomic E-state index is 0.0979. The smallest absolute Gasteiger partial charge is 0.114 e. The second-order valence-corrected chi connectivity index (χ2v) is 5.41. The number of aryl methyl sites for hydroxylation is 3. The van der Waals surface area contributed by atoms with Crippen LogP contribution in [0.3, 0.4) is 0 Å². The third-order valence-corrected chi connectivity index (χ3v) is 3.66. The van der Waals surface area contributed by atoms with Gasteiger partial charge in [-0.05, 0) is 31.9 Å². The van der Waals surface area contributed by atoms with Crippen molar-refractivity contribution in [2.75, 3.05) is 0 Å². The predicted octanol–water partition coefficient (Wildman–Crippen LogP) is 3.12. The summed E-state index contributed by atoms with van der Waals surface area (Å²) in [6, 6.07) is 6.27. The summed E-state index contributed by atoms with van der Waals surface area (Å²) in [4.78, 5) is 5.55. The molecule has 0 spiro atoms. The third kappa shape index (κ3) is 2.15. The van der Waals surface area contributed by atoms with Crippen molar-refractivity contribution in [2.24, 2.45) is 5.73 Å². The van der Waals surface area contributed by atoms with Crippen molar-refractivity contribution < 1.29 is 0 Å². The first kappa shape index (κ1) is 11.3. The molecular weight excluding hydrogens is 216 g/mol. The Morgan fingerprint density at radius 1 is 1.25 bits per heavy atom. The highest BCUT2D eigenvalue weighted by Gasteiger charge is 2.14. The van der Waals surface area contributed by atoms with Crippen molar-refractivity contribution in [2.45, 2.75) is 26.8 Å². The van der Waals surface area contributed by atoms with Crippen molar-refractivity contribution in [1.29, 1.82) is 0 Å². The van der Waals surface area contributed by atoms with Crippen molar-refractivity contribution in [3.63, 3.8) is 0 Å². The van der Waals surface area contributed by atoms with Crippen molar-refractivity contribution in [1.82, 2.24) is 4.98 Å². The summed E-state index contributed by atoms with van der Waals surface area (Å²) in [6.45, 7) is 6.24. The van der Waals surface area contributed by atoms with Gasteiger partial charge in [-0.2, -0.15) is 0 Å². The summed E-state index contributed by atoms with van der Waals surface area (Å²) < 4.78 is 0. The molecule has 0 amide bonds. The molecule has 2 rings (SSSR count).